The van der Waals surface area contributed by atoms with Crippen LogP contribution in [-0.2, 0) is 17.5 Å². The van der Waals surface area contributed by atoms with Gasteiger partial charge in [0.15, 0.2) is 0 Å². The summed E-state index contributed by atoms with van der Waals surface area (Å²) in [5, 5.41) is 11.3. The average molecular weight is 281 g/mol. The number of hydrogen-bond donors (Lipinski definition) is 2. The van der Waals surface area contributed by atoms with E-state index in [1.807, 2.05) is 0 Å². The molecule has 0 aromatic heterocycles. The Morgan fingerprint density at radius 3 is 2.53 bits per heavy atom. The van der Waals surface area contributed by atoms with Gasteiger partial charge >= 0.3 is 6.18 Å². The third-order valence-electron chi connectivity index (χ3n) is 2.27. The molecule has 0 unspecified atom stereocenters. The second-order valence-corrected chi connectivity index (χ2v) is 3.86. The normalized spacial score (nSPS) is 11.8. The van der Waals surface area contributed by atoms with Crippen LogP contribution in [0.2, 0.25) is 0 Å². The van der Waals surface area contributed by atoms with Crippen LogP contribution in [0.5, 0.6) is 0 Å². The van der Waals surface area contributed by atoms with E-state index in [4.69, 9.17) is 9.84 Å². The van der Waals surface area contributed by atoms with Gasteiger partial charge in [-0.15, -0.1) is 0 Å². The molecule has 1 rings (SSSR count). The van der Waals surface area contributed by atoms with Crippen LogP contribution in [-0.4, -0.2) is 31.5 Å². The number of benzene rings is 1. The van der Waals surface area contributed by atoms with Gasteiger partial charge in [0.2, 0.25) is 0 Å². The molecule has 0 atom stereocenters. The predicted molar refractivity (Wildman–Crippen MR) is 61.0 cm³/mol. The van der Waals surface area contributed by atoms with Crippen LogP contribution in [0.3, 0.4) is 0 Å². The largest absolute Gasteiger partial charge is 0.416 e. The molecule has 0 bridgehead atoms. The standard InChI is InChI=1S/C12H15F4NO2/c13-11-6-9(5-10(7-11)12(14,15)16)8-17-1-3-19-4-2-18/h5-7,17-18H,1-4,8H2. The summed E-state index contributed by atoms with van der Waals surface area (Å²) in [4.78, 5) is 0. The van der Waals surface area contributed by atoms with Gasteiger partial charge < -0.3 is 15.2 Å². The van der Waals surface area contributed by atoms with Gasteiger partial charge in [-0.3, -0.25) is 0 Å². The third kappa shape index (κ3) is 6.00. The Labute approximate surface area is 108 Å². The molecule has 0 spiro atoms. The summed E-state index contributed by atoms with van der Waals surface area (Å²) in [5.74, 6) is -0.914. The molecule has 0 radical (unpaired) electrons. The summed E-state index contributed by atoms with van der Waals surface area (Å²) in [6.45, 7) is 0.960. The average Bonchev–Trinajstić information content (AvgIpc) is 2.32. The molecule has 0 aliphatic rings. The maximum atomic E-state index is 13.1. The smallest absolute Gasteiger partial charge is 0.394 e. The Hall–Kier alpha value is -1.18. The van der Waals surface area contributed by atoms with Crippen molar-refractivity contribution in [2.45, 2.75) is 12.7 Å². The molecular formula is C12H15F4NO2. The Balaban J connectivity index is 2.48. The van der Waals surface area contributed by atoms with Crippen LogP contribution in [0.15, 0.2) is 18.2 Å². The molecule has 19 heavy (non-hydrogen) atoms. The number of halogens is 4. The Morgan fingerprint density at radius 1 is 1.16 bits per heavy atom. The fourth-order valence-electron chi connectivity index (χ4n) is 1.46. The fraction of sp³-hybridized carbons (Fsp3) is 0.500. The Bertz CT molecular complexity index is 396. The van der Waals surface area contributed by atoms with E-state index < -0.39 is 17.6 Å². The van der Waals surface area contributed by atoms with Crippen molar-refractivity contribution in [3.05, 3.63) is 35.1 Å². The topological polar surface area (TPSA) is 41.5 Å². The molecule has 0 fully saturated rings. The van der Waals surface area contributed by atoms with Crippen LogP contribution in [0.1, 0.15) is 11.1 Å². The lowest BCUT2D eigenvalue weighted by atomic mass is 10.1. The molecule has 1 aromatic carbocycles. The molecule has 3 nitrogen and oxygen atoms in total. The summed E-state index contributed by atoms with van der Waals surface area (Å²) >= 11 is 0. The summed E-state index contributed by atoms with van der Waals surface area (Å²) in [6.07, 6.45) is -4.55. The maximum Gasteiger partial charge on any atom is 0.416 e. The summed E-state index contributed by atoms with van der Waals surface area (Å²) < 4.78 is 55.3. The molecule has 0 saturated heterocycles. The minimum absolute atomic E-state index is 0.0845. The van der Waals surface area contributed by atoms with Gasteiger partial charge in [0.1, 0.15) is 5.82 Å². The number of aliphatic hydroxyl groups is 1. The number of rotatable bonds is 7. The van der Waals surface area contributed by atoms with Crippen molar-refractivity contribution in [1.82, 2.24) is 5.32 Å². The molecule has 0 aliphatic heterocycles. The monoisotopic (exact) mass is 281 g/mol. The number of alkyl halides is 3. The van der Waals surface area contributed by atoms with Gasteiger partial charge in [-0.05, 0) is 23.8 Å². The second kappa shape index (κ2) is 7.42. The number of hydrogen-bond acceptors (Lipinski definition) is 3. The summed E-state index contributed by atoms with van der Waals surface area (Å²) in [6, 6.07) is 2.43. The van der Waals surface area contributed by atoms with E-state index in [1.165, 1.54) is 0 Å². The molecule has 1 aromatic rings. The van der Waals surface area contributed by atoms with E-state index >= 15 is 0 Å². The highest BCUT2D eigenvalue weighted by Crippen LogP contribution is 2.30. The van der Waals surface area contributed by atoms with E-state index in [9.17, 15) is 17.6 Å². The van der Waals surface area contributed by atoms with E-state index in [-0.39, 0.29) is 25.3 Å². The Morgan fingerprint density at radius 2 is 1.89 bits per heavy atom. The van der Waals surface area contributed by atoms with E-state index in [0.717, 1.165) is 12.1 Å². The zero-order valence-corrected chi connectivity index (χ0v) is 10.1. The van der Waals surface area contributed by atoms with Gasteiger partial charge in [-0.25, -0.2) is 4.39 Å². The zero-order valence-electron chi connectivity index (χ0n) is 10.1. The van der Waals surface area contributed by atoms with Crippen molar-refractivity contribution in [3.63, 3.8) is 0 Å². The van der Waals surface area contributed by atoms with E-state index in [2.05, 4.69) is 5.32 Å². The first-order chi connectivity index (χ1) is 8.93. The first-order valence-electron chi connectivity index (χ1n) is 5.69. The summed E-state index contributed by atoms with van der Waals surface area (Å²) in [7, 11) is 0. The highest BCUT2D eigenvalue weighted by atomic mass is 19.4. The first kappa shape index (κ1) is 15.9. The molecule has 0 saturated carbocycles. The number of ether oxygens (including phenoxy) is 1. The molecule has 0 aliphatic carbocycles. The summed E-state index contributed by atoms with van der Waals surface area (Å²) in [5.41, 5.74) is -0.782. The minimum Gasteiger partial charge on any atom is -0.394 e. The fourth-order valence-corrected chi connectivity index (χ4v) is 1.46. The highest BCUT2D eigenvalue weighted by Gasteiger charge is 2.31. The minimum atomic E-state index is -4.55. The molecular weight excluding hydrogens is 266 g/mol. The van der Waals surface area contributed by atoms with Gasteiger partial charge in [0.05, 0.1) is 25.4 Å². The molecule has 2 N–H and O–H groups in total. The van der Waals surface area contributed by atoms with Gasteiger partial charge in [0, 0.05) is 13.1 Å². The van der Waals surface area contributed by atoms with Crippen LogP contribution in [0.25, 0.3) is 0 Å². The number of aliphatic hydroxyl groups excluding tert-OH is 1. The molecule has 7 heteroatoms. The van der Waals surface area contributed by atoms with Gasteiger partial charge in [-0.2, -0.15) is 13.2 Å². The van der Waals surface area contributed by atoms with Crippen LogP contribution >= 0.6 is 0 Å². The van der Waals surface area contributed by atoms with Crippen molar-refractivity contribution >= 4 is 0 Å². The Kier molecular flexibility index (Phi) is 6.20. The zero-order chi connectivity index (χ0) is 14.3. The van der Waals surface area contributed by atoms with Crippen molar-refractivity contribution < 1.29 is 27.4 Å². The molecule has 0 heterocycles. The SMILES string of the molecule is OCCOCCNCc1cc(F)cc(C(F)(F)F)c1. The molecule has 108 valence electrons. The van der Waals surface area contributed by atoms with Crippen molar-refractivity contribution in [3.8, 4) is 0 Å². The highest BCUT2D eigenvalue weighted by molar-refractivity contribution is 5.26. The third-order valence-corrected chi connectivity index (χ3v) is 2.27. The lowest BCUT2D eigenvalue weighted by molar-refractivity contribution is -0.137. The van der Waals surface area contributed by atoms with Crippen LogP contribution in [0, 0.1) is 5.82 Å². The van der Waals surface area contributed by atoms with E-state index in [0.29, 0.717) is 19.2 Å². The van der Waals surface area contributed by atoms with Crippen LogP contribution < -0.4 is 5.32 Å². The van der Waals surface area contributed by atoms with Crippen molar-refractivity contribution in [2.75, 3.05) is 26.4 Å². The molecule has 0 amide bonds. The van der Waals surface area contributed by atoms with Crippen LogP contribution in [0.4, 0.5) is 17.6 Å². The first-order valence-corrected chi connectivity index (χ1v) is 5.69. The lowest BCUT2D eigenvalue weighted by Crippen LogP contribution is -2.20. The van der Waals surface area contributed by atoms with E-state index in [1.54, 1.807) is 0 Å². The van der Waals surface area contributed by atoms with Gasteiger partial charge in [0.25, 0.3) is 0 Å². The lowest BCUT2D eigenvalue weighted by Gasteiger charge is -2.10. The maximum absolute atomic E-state index is 13.1. The van der Waals surface area contributed by atoms with Crippen molar-refractivity contribution in [2.24, 2.45) is 0 Å². The van der Waals surface area contributed by atoms with Gasteiger partial charge in [-0.1, -0.05) is 0 Å². The van der Waals surface area contributed by atoms with Crippen molar-refractivity contribution in [1.29, 1.82) is 0 Å². The quantitative estimate of drug-likeness (QED) is 0.593. The predicted octanol–water partition coefficient (Wildman–Crippen LogP) is 1.94. The second-order valence-electron chi connectivity index (χ2n) is 3.86. The number of nitrogens with one attached hydrogen (secondary N) is 1.